The van der Waals surface area contributed by atoms with E-state index in [0.717, 1.165) is 12.1 Å². The molecule has 1 amide bonds. The van der Waals surface area contributed by atoms with E-state index in [1.165, 1.54) is 0 Å². The predicted octanol–water partition coefficient (Wildman–Crippen LogP) is 3.62. The molecule has 0 aliphatic heterocycles. The van der Waals surface area contributed by atoms with Crippen molar-refractivity contribution in [2.75, 3.05) is 5.32 Å². The fourth-order valence-electron chi connectivity index (χ4n) is 2.58. The molecule has 3 N–H and O–H groups in total. The number of nitrogens with zero attached hydrogens (tertiary/aromatic N) is 3. The Morgan fingerprint density at radius 3 is 2.58 bits per heavy atom. The van der Waals surface area contributed by atoms with Crippen molar-refractivity contribution in [1.82, 2.24) is 9.78 Å². The van der Waals surface area contributed by atoms with Gasteiger partial charge in [-0.05, 0) is 24.0 Å². The minimum atomic E-state index is -0.550. The van der Waals surface area contributed by atoms with Gasteiger partial charge in [0.1, 0.15) is 5.56 Å². The first-order chi connectivity index (χ1) is 11.3. The number of anilines is 2. The van der Waals surface area contributed by atoms with Crippen molar-refractivity contribution in [1.29, 1.82) is 5.26 Å². The number of para-hydroxylation sites is 1. The minimum absolute atomic E-state index is 0.0351. The number of benzene rings is 1. The van der Waals surface area contributed by atoms with E-state index in [1.54, 1.807) is 10.9 Å². The average molecular weight is 325 g/mol. The molecule has 126 valence electrons. The standard InChI is InChI=1S/C18H23N5O/c1-18(2,3)11-14(9-10-19)23-12-15(16(20)24)17(22-23)21-13-7-5-4-6-8-13/h4-8,12,14H,9,11H2,1-3H3,(H2,20,24)(H,21,22). The van der Waals surface area contributed by atoms with Crippen LogP contribution in [0.3, 0.4) is 0 Å². The summed E-state index contributed by atoms with van der Waals surface area (Å²) < 4.78 is 1.68. The number of carbonyl (C=O) groups excluding carboxylic acids is 1. The molecule has 1 aromatic carbocycles. The largest absolute Gasteiger partial charge is 0.365 e. The van der Waals surface area contributed by atoms with Crippen molar-refractivity contribution in [3.63, 3.8) is 0 Å². The van der Waals surface area contributed by atoms with E-state index in [4.69, 9.17) is 11.0 Å². The van der Waals surface area contributed by atoms with E-state index in [0.29, 0.717) is 17.8 Å². The number of hydrogen-bond donors (Lipinski definition) is 2. The third-order valence-electron chi connectivity index (χ3n) is 3.58. The van der Waals surface area contributed by atoms with Crippen LogP contribution in [0.15, 0.2) is 36.5 Å². The smallest absolute Gasteiger partial charge is 0.254 e. The maximum absolute atomic E-state index is 11.8. The topological polar surface area (TPSA) is 96.7 Å². The monoisotopic (exact) mass is 325 g/mol. The van der Waals surface area contributed by atoms with Gasteiger partial charge in [0.15, 0.2) is 5.82 Å². The van der Waals surface area contributed by atoms with Crippen LogP contribution < -0.4 is 11.1 Å². The number of nitrogens with two attached hydrogens (primary N) is 1. The normalized spacial score (nSPS) is 12.4. The molecule has 0 fully saturated rings. The second-order valence-electron chi connectivity index (χ2n) is 7.01. The van der Waals surface area contributed by atoms with Crippen LogP contribution in [0, 0.1) is 16.7 Å². The van der Waals surface area contributed by atoms with Crippen LogP contribution in [-0.2, 0) is 0 Å². The summed E-state index contributed by atoms with van der Waals surface area (Å²) in [6.45, 7) is 6.33. The van der Waals surface area contributed by atoms with Gasteiger partial charge in [0.05, 0.1) is 18.5 Å². The number of aromatic nitrogens is 2. The SMILES string of the molecule is CC(C)(C)CC(CC#N)n1cc(C(N)=O)c(Nc2ccccc2)n1. The first kappa shape index (κ1) is 17.5. The summed E-state index contributed by atoms with van der Waals surface area (Å²) in [6.07, 6.45) is 2.72. The number of primary amides is 1. The number of nitriles is 1. The lowest BCUT2D eigenvalue weighted by Crippen LogP contribution is -2.18. The number of carbonyl (C=O) groups is 1. The summed E-state index contributed by atoms with van der Waals surface area (Å²) in [5.41, 5.74) is 6.65. The Bertz CT molecular complexity index is 737. The molecule has 6 nitrogen and oxygen atoms in total. The first-order valence-electron chi connectivity index (χ1n) is 7.88. The van der Waals surface area contributed by atoms with Gasteiger partial charge in [0, 0.05) is 11.9 Å². The van der Waals surface area contributed by atoms with Gasteiger partial charge in [-0.15, -0.1) is 0 Å². The molecule has 6 heteroatoms. The molecule has 2 aromatic rings. The van der Waals surface area contributed by atoms with Crippen LogP contribution in [-0.4, -0.2) is 15.7 Å². The molecule has 1 atom stereocenters. The number of amides is 1. The van der Waals surface area contributed by atoms with E-state index in [1.807, 2.05) is 30.3 Å². The molecule has 1 unspecified atom stereocenters. The molecule has 1 aromatic heterocycles. The third-order valence-corrected chi connectivity index (χ3v) is 3.58. The summed E-state index contributed by atoms with van der Waals surface area (Å²) in [5.74, 6) is -0.142. The average Bonchev–Trinajstić information content (AvgIpc) is 2.90. The van der Waals surface area contributed by atoms with Gasteiger partial charge in [-0.3, -0.25) is 9.48 Å². The Balaban J connectivity index is 2.35. The Morgan fingerprint density at radius 1 is 1.38 bits per heavy atom. The molecule has 0 radical (unpaired) electrons. The molecule has 0 aliphatic rings. The van der Waals surface area contributed by atoms with Crippen LogP contribution in [0.5, 0.6) is 0 Å². The second-order valence-corrected chi connectivity index (χ2v) is 7.01. The quantitative estimate of drug-likeness (QED) is 0.847. The zero-order valence-electron chi connectivity index (χ0n) is 14.3. The van der Waals surface area contributed by atoms with Gasteiger partial charge < -0.3 is 11.1 Å². The van der Waals surface area contributed by atoms with Crippen LogP contribution in [0.1, 0.15) is 50.0 Å². The van der Waals surface area contributed by atoms with Crippen molar-refractivity contribution < 1.29 is 4.79 Å². The molecule has 1 heterocycles. The molecule has 0 saturated carbocycles. The van der Waals surface area contributed by atoms with Crippen molar-refractivity contribution in [2.24, 2.45) is 11.1 Å². The summed E-state index contributed by atoms with van der Waals surface area (Å²) >= 11 is 0. The number of hydrogen-bond acceptors (Lipinski definition) is 4. The highest BCUT2D eigenvalue weighted by molar-refractivity contribution is 5.98. The van der Waals surface area contributed by atoms with E-state index in [-0.39, 0.29) is 11.5 Å². The summed E-state index contributed by atoms with van der Waals surface area (Å²) in [5, 5.41) is 16.7. The second kappa shape index (κ2) is 7.18. The fourth-order valence-corrected chi connectivity index (χ4v) is 2.58. The number of rotatable bonds is 6. The lowest BCUT2D eigenvalue weighted by atomic mass is 9.87. The minimum Gasteiger partial charge on any atom is -0.365 e. The number of nitrogens with one attached hydrogen (secondary N) is 1. The van der Waals surface area contributed by atoms with Gasteiger partial charge >= 0.3 is 0 Å². The van der Waals surface area contributed by atoms with Crippen molar-refractivity contribution in [3.05, 3.63) is 42.1 Å². The lowest BCUT2D eigenvalue weighted by Gasteiger charge is -2.24. The zero-order chi connectivity index (χ0) is 17.7. The third kappa shape index (κ3) is 4.59. The Morgan fingerprint density at radius 2 is 2.04 bits per heavy atom. The summed E-state index contributed by atoms with van der Waals surface area (Å²) in [6, 6.07) is 11.5. The molecule has 0 saturated heterocycles. The molecule has 0 spiro atoms. The lowest BCUT2D eigenvalue weighted by molar-refractivity contribution is 0.100. The highest BCUT2D eigenvalue weighted by Crippen LogP contribution is 2.31. The van der Waals surface area contributed by atoms with Gasteiger partial charge in [-0.25, -0.2) is 0 Å². The molecular weight excluding hydrogens is 302 g/mol. The predicted molar refractivity (Wildman–Crippen MR) is 93.8 cm³/mol. The highest BCUT2D eigenvalue weighted by atomic mass is 16.1. The Kier molecular flexibility index (Phi) is 5.24. The van der Waals surface area contributed by atoms with Gasteiger partial charge in [-0.2, -0.15) is 10.4 Å². The molecule has 24 heavy (non-hydrogen) atoms. The van der Waals surface area contributed by atoms with Crippen molar-refractivity contribution in [2.45, 2.75) is 39.7 Å². The zero-order valence-corrected chi connectivity index (χ0v) is 14.3. The van der Waals surface area contributed by atoms with Crippen LogP contribution in [0.4, 0.5) is 11.5 Å². The van der Waals surface area contributed by atoms with Gasteiger partial charge in [-0.1, -0.05) is 39.0 Å². The van der Waals surface area contributed by atoms with E-state index in [2.05, 4.69) is 37.3 Å². The maximum Gasteiger partial charge on any atom is 0.254 e. The van der Waals surface area contributed by atoms with E-state index in [9.17, 15) is 4.79 Å². The summed E-state index contributed by atoms with van der Waals surface area (Å²) in [7, 11) is 0. The van der Waals surface area contributed by atoms with Crippen LogP contribution >= 0.6 is 0 Å². The van der Waals surface area contributed by atoms with Gasteiger partial charge in [0.25, 0.3) is 5.91 Å². The Hall–Kier alpha value is -2.81. The van der Waals surface area contributed by atoms with E-state index < -0.39 is 5.91 Å². The molecular formula is C18H23N5O. The fraction of sp³-hybridized carbons (Fsp3) is 0.389. The molecule has 0 aliphatic carbocycles. The van der Waals surface area contributed by atoms with Crippen LogP contribution in [0.2, 0.25) is 0 Å². The first-order valence-corrected chi connectivity index (χ1v) is 7.88. The van der Waals surface area contributed by atoms with Crippen LogP contribution in [0.25, 0.3) is 0 Å². The highest BCUT2D eigenvalue weighted by Gasteiger charge is 2.23. The van der Waals surface area contributed by atoms with Crippen molar-refractivity contribution in [3.8, 4) is 6.07 Å². The van der Waals surface area contributed by atoms with Gasteiger partial charge in [0.2, 0.25) is 0 Å². The van der Waals surface area contributed by atoms with E-state index >= 15 is 0 Å². The van der Waals surface area contributed by atoms with Crippen molar-refractivity contribution >= 4 is 17.4 Å². The molecule has 0 bridgehead atoms. The maximum atomic E-state index is 11.8. The molecule has 2 rings (SSSR count). The summed E-state index contributed by atoms with van der Waals surface area (Å²) in [4.78, 5) is 11.8. The Labute approximate surface area is 142 Å².